The van der Waals surface area contributed by atoms with Crippen molar-refractivity contribution >= 4 is 29.1 Å². The van der Waals surface area contributed by atoms with Gasteiger partial charge in [-0.05, 0) is 55.8 Å². The number of hydrogen-bond acceptors (Lipinski definition) is 4. The number of benzene rings is 2. The Bertz CT molecular complexity index is 899. The third kappa shape index (κ3) is 4.78. The minimum Gasteiger partial charge on any atom is -0.372 e. The molecule has 28 heavy (non-hydrogen) atoms. The van der Waals surface area contributed by atoms with E-state index in [1.54, 1.807) is 11.8 Å². The van der Waals surface area contributed by atoms with Gasteiger partial charge >= 0.3 is 0 Å². The molecular formula is C22H25ClN4S. The molecular weight excluding hydrogens is 388 g/mol. The fourth-order valence-corrected chi connectivity index (χ4v) is 4.07. The molecule has 0 bridgehead atoms. The van der Waals surface area contributed by atoms with E-state index in [1.165, 1.54) is 11.3 Å². The van der Waals surface area contributed by atoms with E-state index in [4.69, 9.17) is 11.6 Å². The highest BCUT2D eigenvalue weighted by atomic mass is 35.5. The molecule has 4 nitrogen and oxygen atoms in total. The Balaban J connectivity index is 1.81. The largest absolute Gasteiger partial charge is 0.372 e. The standard InChI is InChI=1S/C22H25ClN4S/c1-4-15-27-21(18-9-13-20(14-10-18)26(5-2)6-3)24-25-22(27)28-16-17-7-11-19(23)12-8-17/h4,7-14H,1,5-6,15-16H2,2-3H3. The molecule has 3 rings (SSSR count). The number of allylic oxidation sites excluding steroid dienone is 1. The van der Waals surface area contributed by atoms with Crippen molar-refractivity contribution < 1.29 is 0 Å². The highest BCUT2D eigenvalue weighted by Gasteiger charge is 2.14. The maximum atomic E-state index is 5.97. The molecule has 1 heterocycles. The van der Waals surface area contributed by atoms with Gasteiger partial charge in [0, 0.05) is 41.7 Å². The maximum absolute atomic E-state index is 5.97. The Hall–Kier alpha value is -2.24. The third-order valence-corrected chi connectivity index (χ3v) is 5.85. The molecule has 0 fully saturated rings. The van der Waals surface area contributed by atoms with Gasteiger partial charge in [-0.3, -0.25) is 4.57 Å². The van der Waals surface area contributed by atoms with Gasteiger partial charge in [0.1, 0.15) is 0 Å². The van der Waals surface area contributed by atoms with E-state index >= 15 is 0 Å². The zero-order valence-corrected chi connectivity index (χ0v) is 17.9. The molecule has 0 aliphatic rings. The van der Waals surface area contributed by atoms with Crippen molar-refractivity contribution in [2.45, 2.75) is 31.3 Å². The molecule has 0 amide bonds. The number of anilines is 1. The minimum absolute atomic E-state index is 0.670. The lowest BCUT2D eigenvalue weighted by molar-refractivity contribution is 0.731. The van der Waals surface area contributed by atoms with Crippen LogP contribution in [0.25, 0.3) is 11.4 Å². The summed E-state index contributed by atoms with van der Waals surface area (Å²) in [5, 5.41) is 10.5. The molecule has 3 aromatic rings. The van der Waals surface area contributed by atoms with Crippen LogP contribution in [0.1, 0.15) is 19.4 Å². The second-order valence-corrected chi connectivity index (χ2v) is 7.72. The van der Waals surface area contributed by atoms with Crippen LogP contribution >= 0.6 is 23.4 Å². The van der Waals surface area contributed by atoms with Gasteiger partial charge in [0.05, 0.1) is 0 Å². The summed E-state index contributed by atoms with van der Waals surface area (Å²) in [6.45, 7) is 10.9. The van der Waals surface area contributed by atoms with Gasteiger partial charge in [-0.2, -0.15) is 0 Å². The van der Waals surface area contributed by atoms with Gasteiger partial charge in [-0.15, -0.1) is 16.8 Å². The van der Waals surface area contributed by atoms with Gasteiger partial charge in [-0.25, -0.2) is 0 Å². The minimum atomic E-state index is 0.670. The molecule has 0 spiro atoms. The lowest BCUT2D eigenvalue weighted by Gasteiger charge is -2.21. The van der Waals surface area contributed by atoms with Crippen LogP contribution < -0.4 is 4.90 Å². The summed E-state index contributed by atoms with van der Waals surface area (Å²) < 4.78 is 2.11. The second kappa shape index (κ2) is 9.80. The number of halogens is 1. The summed E-state index contributed by atoms with van der Waals surface area (Å²) in [4.78, 5) is 2.33. The smallest absolute Gasteiger partial charge is 0.192 e. The van der Waals surface area contributed by atoms with Crippen LogP contribution in [0.2, 0.25) is 5.02 Å². The first-order valence-corrected chi connectivity index (χ1v) is 10.8. The molecule has 0 N–H and O–H groups in total. The average Bonchev–Trinajstić information content (AvgIpc) is 3.12. The molecule has 2 aromatic carbocycles. The fourth-order valence-electron chi connectivity index (χ4n) is 3.04. The van der Waals surface area contributed by atoms with E-state index < -0.39 is 0 Å². The van der Waals surface area contributed by atoms with Crippen molar-refractivity contribution in [3.63, 3.8) is 0 Å². The van der Waals surface area contributed by atoms with E-state index in [0.29, 0.717) is 6.54 Å². The Morgan fingerprint density at radius 1 is 1.04 bits per heavy atom. The lowest BCUT2D eigenvalue weighted by Crippen LogP contribution is -2.21. The highest BCUT2D eigenvalue weighted by Crippen LogP contribution is 2.28. The first-order chi connectivity index (χ1) is 13.7. The quantitative estimate of drug-likeness (QED) is 0.322. The van der Waals surface area contributed by atoms with Crippen molar-refractivity contribution in [3.05, 3.63) is 71.8 Å². The number of aromatic nitrogens is 3. The summed E-state index contributed by atoms with van der Waals surface area (Å²) in [6, 6.07) is 16.4. The van der Waals surface area contributed by atoms with Crippen LogP contribution in [0.15, 0.2) is 66.3 Å². The number of nitrogens with zero attached hydrogens (tertiary/aromatic N) is 4. The zero-order valence-electron chi connectivity index (χ0n) is 16.3. The molecule has 0 atom stereocenters. The fraction of sp³-hybridized carbons (Fsp3) is 0.273. The van der Waals surface area contributed by atoms with Crippen LogP contribution in [0.3, 0.4) is 0 Å². The van der Waals surface area contributed by atoms with Gasteiger partial charge < -0.3 is 4.90 Å². The van der Waals surface area contributed by atoms with Crippen LogP contribution in [0, 0.1) is 0 Å². The van der Waals surface area contributed by atoms with E-state index in [2.05, 4.69) is 64.4 Å². The van der Waals surface area contributed by atoms with Crippen LogP contribution in [-0.4, -0.2) is 27.9 Å². The lowest BCUT2D eigenvalue weighted by atomic mass is 10.2. The second-order valence-electron chi connectivity index (χ2n) is 6.34. The first kappa shape index (κ1) is 20.5. The number of hydrogen-bond donors (Lipinski definition) is 0. The molecule has 146 valence electrons. The Morgan fingerprint density at radius 2 is 1.71 bits per heavy atom. The molecule has 0 radical (unpaired) electrons. The van der Waals surface area contributed by atoms with Gasteiger partial charge in [-0.1, -0.05) is 41.6 Å². The van der Waals surface area contributed by atoms with Crippen molar-refractivity contribution in [3.8, 4) is 11.4 Å². The van der Waals surface area contributed by atoms with E-state index in [9.17, 15) is 0 Å². The summed E-state index contributed by atoms with van der Waals surface area (Å²) >= 11 is 7.64. The predicted molar refractivity (Wildman–Crippen MR) is 120 cm³/mol. The molecule has 6 heteroatoms. The maximum Gasteiger partial charge on any atom is 0.192 e. The SMILES string of the molecule is C=CCn1c(SCc2ccc(Cl)cc2)nnc1-c1ccc(N(CC)CC)cc1. The van der Waals surface area contributed by atoms with E-state index in [0.717, 1.165) is 40.4 Å². The monoisotopic (exact) mass is 412 g/mol. The molecule has 1 aromatic heterocycles. The number of rotatable bonds is 9. The van der Waals surface area contributed by atoms with Crippen LogP contribution in [0.5, 0.6) is 0 Å². The van der Waals surface area contributed by atoms with E-state index in [1.807, 2.05) is 30.3 Å². The molecule has 0 aliphatic heterocycles. The van der Waals surface area contributed by atoms with Gasteiger partial charge in [0.15, 0.2) is 11.0 Å². The molecule has 0 saturated heterocycles. The third-order valence-electron chi connectivity index (χ3n) is 4.56. The highest BCUT2D eigenvalue weighted by molar-refractivity contribution is 7.98. The zero-order chi connectivity index (χ0) is 19.9. The van der Waals surface area contributed by atoms with Crippen molar-refractivity contribution in [2.75, 3.05) is 18.0 Å². The average molecular weight is 413 g/mol. The van der Waals surface area contributed by atoms with Crippen molar-refractivity contribution in [1.29, 1.82) is 0 Å². The topological polar surface area (TPSA) is 34.0 Å². The summed E-state index contributed by atoms with van der Waals surface area (Å²) in [7, 11) is 0. The Morgan fingerprint density at radius 3 is 2.32 bits per heavy atom. The Labute approximate surface area is 176 Å². The van der Waals surface area contributed by atoms with Crippen molar-refractivity contribution in [1.82, 2.24) is 14.8 Å². The molecule has 0 aliphatic carbocycles. The molecule has 0 saturated carbocycles. The normalized spacial score (nSPS) is 10.8. The predicted octanol–water partition coefficient (Wildman–Crippen LogP) is 5.92. The van der Waals surface area contributed by atoms with Crippen LogP contribution in [-0.2, 0) is 12.3 Å². The Kier molecular flexibility index (Phi) is 7.18. The molecule has 0 unspecified atom stereocenters. The van der Waals surface area contributed by atoms with Crippen molar-refractivity contribution in [2.24, 2.45) is 0 Å². The summed E-state index contributed by atoms with van der Waals surface area (Å²) in [6.07, 6.45) is 1.88. The van der Waals surface area contributed by atoms with Gasteiger partial charge in [0.2, 0.25) is 0 Å². The van der Waals surface area contributed by atoms with Crippen LogP contribution in [0.4, 0.5) is 5.69 Å². The number of thioether (sulfide) groups is 1. The van der Waals surface area contributed by atoms with E-state index in [-0.39, 0.29) is 0 Å². The van der Waals surface area contributed by atoms with Gasteiger partial charge in [0.25, 0.3) is 0 Å². The first-order valence-electron chi connectivity index (χ1n) is 9.43. The summed E-state index contributed by atoms with van der Waals surface area (Å²) in [5.74, 6) is 1.68. The summed E-state index contributed by atoms with van der Waals surface area (Å²) in [5.41, 5.74) is 3.48.